The lowest BCUT2D eigenvalue weighted by Crippen LogP contribution is -2.60. The zero-order chi connectivity index (χ0) is 24.5. The van der Waals surface area contributed by atoms with Gasteiger partial charge < -0.3 is 20.9 Å². The summed E-state index contributed by atoms with van der Waals surface area (Å²) < 4.78 is 21.9. The van der Waals surface area contributed by atoms with Crippen molar-refractivity contribution in [1.82, 2.24) is 20.1 Å². The third-order valence-corrected chi connectivity index (χ3v) is 7.03. The lowest BCUT2D eigenvalue weighted by atomic mass is 9.62. The van der Waals surface area contributed by atoms with Crippen LogP contribution in [0.2, 0.25) is 10.0 Å². The van der Waals surface area contributed by atoms with Crippen LogP contribution in [0.3, 0.4) is 0 Å². The molecule has 1 saturated heterocycles. The van der Waals surface area contributed by atoms with Gasteiger partial charge in [-0.3, -0.25) is 9.48 Å². The van der Waals surface area contributed by atoms with Crippen LogP contribution in [0.1, 0.15) is 37.5 Å². The maximum Gasteiger partial charge on any atom is 0.290 e. The number of nitrogen functional groups attached to an aromatic ring is 1. The maximum atomic E-state index is 13.9. The molecule has 5 rings (SSSR count). The number of pyridine rings is 1. The molecule has 3 heterocycles. The largest absolute Gasteiger partial charge is 0.483 e. The second-order valence-corrected chi connectivity index (χ2v) is 9.39. The van der Waals surface area contributed by atoms with Gasteiger partial charge in [0.1, 0.15) is 11.9 Å². The van der Waals surface area contributed by atoms with Gasteiger partial charge in [-0.25, -0.2) is 9.37 Å². The lowest BCUT2D eigenvalue weighted by molar-refractivity contribution is -0.122. The number of aromatic nitrogens is 3. The van der Waals surface area contributed by atoms with Crippen molar-refractivity contribution in [3.63, 3.8) is 0 Å². The Morgan fingerprint density at radius 3 is 2.68 bits per heavy atom. The molecule has 1 unspecified atom stereocenters. The Hall–Kier alpha value is -2.88. The molecular formula is C23H24Cl2FN5O3. The van der Waals surface area contributed by atoms with Gasteiger partial charge in [-0.15, -0.1) is 0 Å². The molecule has 1 aromatic carbocycles. The van der Waals surface area contributed by atoms with Crippen LogP contribution in [0.4, 0.5) is 10.2 Å². The zero-order valence-corrected chi connectivity index (χ0v) is 19.9. The topological polar surface area (TPSA) is 115 Å². The Kier molecular flexibility index (Phi) is 6.97. The number of rotatable bonds is 5. The van der Waals surface area contributed by atoms with E-state index in [1.165, 1.54) is 12.1 Å². The van der Waals surface area contributed by atoms with Crippen LogP contribution in [0, 0.1) is 11.2 Å². The number of hydrogen-bond acceptors (Lipinski definition) is 6. The number of carbonyl (C=O) groups is 1. The molecule has 2 aliphatic rings. The third kappa shape index (κ3) is 4.68. The number of nitrogens with one attached hydrogen (secondary N) is 1. The summed E-state index contributed by atoms with van der Waals surface area (Å²) in [4.78, 5) is 12.6. The molecule has 4 N–H and O–H groups in total. The number of ether oxygens (including phenoxy) is 1. The van der Waals surface area contributed by atoms with Crippen molar-refractivity contribution in [3.8, 4) is 16.9 Å². The summed E-state index contributed by atoms with van der Waals surface area (Å²) in [6, 6.07) is 4.92. The van der Waals surface area contributed by atoms with Crippen LogP contribution in [-0.2, 0) is 4.79 Å². The average molecular weight is 508 g/mol. The summed E-state index contributed by atoms with van der Waals surface area (Å²) >= 11 is 12.3. The van der Waals surface area contributed by atoms with Gasteiger partial charge in [0.25, 0.3) is 6.47 Å². The summed E-state index contributed by atoms with van der Waals surface area (Å²) in [5.41, 5.74) is 8.64. The highest BCUT2D eigenvalue weighted by Crippen LogP contribution is 2.50. The Morgan fingerprint density at radius 1 is 1.32 bits per heavy atom. The molecule has 0 radical (unpaired) electrons. The van der Waals surface area contributed by atoms with Crippen molar-refractivity contribution in [2.75, 3.05) is 18.8 Å². The molecule has 0 bridgehead atoms. The van der Waals surface area contributed by atoms with Crippen molar-refractivity contribution in [1.29, 1.82) is 0 Å². The van der Waals surface area contributed by atoms with Gasteiger partial charge in [0.2, 0.25) is 0 Å². The number of nitrogens with two attached hydrogens (primary N) is 1. The predicted molar refractivity (Wildman–Crippen MR) is 128 cm³/mol. The average Bonchev–Trinajstić information content (AvgIpc) is 3.21. The highest BCUT2D eigenvalue weighted by Gasteiger charge is 2.49. The Labute approximate surface area is 205 Å². The first kappa shape index (κ1) is 24.3. The maximum absolute atomic E-state index is 13.9. The standard InChI is InChI=1S/C22H22Cl2FN5O.CH2O2/c1-12(19-16(23)2-3-17(25)20(19)24)31-18-4-13(7-28-21(18)26)14-8-29-30(9-14)15-5-22(6-15)10-27-11-22;2-1-3/h2-4,7-9,12,15,27H,5-6,10-11H2,1H3,(H2,26,28);1H,(H,2,3). The van der Waals surface area contributed by atoms with Crippen LogP contribution in [-0.4, -0.2) is 39.4 Å². The smallest absolute Gasteiger partial charge is 0.290 e. The molecule has 11 heteroatoms. The molecular weight excluding hydrogens is 484 g/mol. The molecule has 0 amide bonds. The van der Waals surface area contributed by atoms with Gasteiger partial charge in [0, 0.05) is 47.2 Å². The number of carboxylic acid groups (broad SMARTS) is 1. The Morgan fingerprint density at radius 2 is 2.03 bits per heavy atom. The number of anilines is 1. The minimum Gasteiger partial charge on any atom is -0.483 e. The van der Waals surface area contributed by atoms with Crippen molar-refractivity contribution in [2.24, 2.45) is 5.41 Å². The first-order chi connectivity index (χ1) is 16.3. The van der Waals surface area contributed by atoms with E-state index in [4.69, 9.17) is 43.6 Å². The summed E-state index contributed by atoms with van der Waals surface area (Å²) in [7, 11) is 0. The second-order valence-electron chi connectivity index (χ2n) is 8.60. The van der Waals surface area contributed by atoms with Crippen molar-refractivity contribution in [2.45, 2.75) is 31.9 Å². The molecule has 2 fully saturated rings. The minimum atomic E-state index is -0.625. The lowest BCUT2D eigenvalue weighted by Gasteiger charge is -2.54. The highest BCUT2D eigenvalue weighted by molar-refractivity contribution is 6.36. The SMILES string of the molecule is CC(Oc1cc(-c2cnn(C3CC4(CNC4)C3)c2)cnc1N)c1c(Cl)ccc(F)c1Cl.O=CO. The molecule has 3 aromatic rings. The van der Waals surface area contributed by atoms with E-state index in [2.05, 4.69) is 15.4 Å². The van der Waals surface area contributed by atoms with Gasteiger partial charge in [0.05, 0.1) is 17.3 Å². The van der Waals surface area contributed by atoms with E-state index in [0.29, 0.717) is 27.8 Å². The quantitative estimate of drug-likeness (QED) is 0.337. The number of nitrogens with zero attached hydrogens (tertiary/aromatic N) is 3. The fourth-order valence-electron chi connectivity index (χ4n) is 4.45. The van der Waals surface area contributed by atoms with E-state index in [0.717, 1.165) is 37.1 Å². The molecule has 1 atom stereocenters. The van der Waals surface area contributed by atoms with Crippen LogP contribution in [0.15, 0.2) is 36.8 Å². The van der Waals surface area contributed by atoms with Crippen LogP contribution in [0.25, 0.3) is 11.1 Å². The Balaban J connectivity index is 0.000000868. The molecule has 180 valence electrons. The molecule has 34 heavy (non-hydrogen) atoms. The fraction of sp³-hybridized carbons (Fsp3) is 0.348. The van der Waals surface area contributed by atoms with Crippen molar-refractivity contribution in [3.05, 3.63) is 58.2 Å². The van der Waals surface area contributed by atoms with Gasteiger partial charge in [-0.1, -0.05) is 23.2 Å². The van der Waals surface area contributed by atoms with Crippen LogP contribution in [0.5, 0.6) is 5.75 Å². The summed E-state index contributed by atoms with van der Waals surface area (Å²) in [5.74, 6) is 0.0431. The van der Waals surface area contributed by atoms with Gasteiger partial charge in [-0.2, -0.15) is 5.10 Å². The van der Waals surface area contributed by atoms with E-state index >= 15 is 0 Å². The number of halogens is 3. The van der Waals surface area contributed by atoms with Crippen molar-refractivity contribution >= 4 is 35.5 Å². The van der Waals surface area contributed by atoms with Gasteiger partial charge in [0.15, 0.2) is 11.6 Å². The number of benzene rings is 1. The van der Waals surface area contributed by atoms with E-state index in [1.54, 1.807) is 19.2 Å². The molecule has 1 saturated carbocycles. The van der Waals surface area contributed by atoms with E-state index in [9.17, 15) is 4.39 Å². The summed E-state index contributed by atoms with van der Waals surface area (Å²) in [6.45, 7) is 3.70. The molecule has 1 aliphatic heterocycles. The normalized spacial score (nSPS) is 17.2. The summed E-state index contributed by atoms with van der Waals surface area (Å²) in [6.07, 6.45) is 7.23. The van der Waals surface area contributed by atoms with E-state index < -0.39 is 11.9 Å². The molecule has 8 nitrogen and oxygen atoms in total. The van der Waals surface area contributed by atoms with Gasteiger partial charge >= 0.3 is 0 Å². The fourth-order valence-corrected chi connectivity index (χ4v) is 5.13. The monoisotopic (exact) mass is 507 g/mol. The predicted octanol–water partition coefficient (Wildman–Crippen LogP) is 4.74. The minimum absolute atomic E-state index is 0.0658. The van der Waals surface area contributed by atoms with E-state index in [1.807, 2.05) is 17.1 Å². The van der Waals surface area contributed by atoms with E-state index in [-0.39, 0.29) is 17.3 Å². The third-order valence-electron chi connectivity index (χ3n) is 6.32. The zero-order valence-electron chi connectivity index (χ0n) is 18.3. The second kappa shape index (κ2) is 9.77. The van der Waals surface area contributed by atoms with Crippen molar-refractivity contribution < 1.29 is 19.0 Å². The van der Waals surface area contributed by atoms with Crippen LogP contribution < -0.4 is 15.8 Å². The first-order valence-corrected chi connectivity index (χ1v) is 11.4. The molecule has 2 aromatic heterocycles. The molecule has 1 spiro atoms. The number of hydrogen-bond donors (Lipinski definition) is 3. The van der Waals surface area contributed by atoms with Crippen LogP contribution >= 0.6 is 23.2 Å². The highest BCUT2D eigenvalue weighted by atomic mass is 35.5. The Bertz CT molecular complexity index is 1190. The molecule has 1 aliphatic carbocycles. The summed E-state index contributed by atoms with van der Waals surface area (Å²) in [5, 5.41) is 15.1. The van der Waals surface area contributed by atoms with Gasteiger partial charge in [-0.05, 0) is 43.4 Å². The first-order valence-electron chi connectivity index (χ1n) is 10.7.